The van der Waals surface area contributed by atoms with E-state index in [0.717, 1.165) is 42.5 Å². The molecule has 0 saturated carbocycles. The van der Waals surface area contributed by atoms with Crippen LogP contribution < -0.4 is 0 Å². The molecule has 0 radical (unpaired) electrons. The molecule has 3 rings (SSSR count). The minimum atomic E-state index is 0.209. The largest absolute Gasteiger partial charge is 0.339 e. The average Bonchev–Trinajstić information content (AvgIpc) is 3.03. The molecular weight excluding hydrogens is 332 g/mol. The summed E-state index contributed by atoms with van der Waals surface area (Å²) < 4.78 is 2.10. The Kier molecular flexibility index (Phi) is 5.78. The van der Waals surface area contributed by atoms with Gasteiger partial charge in [-0.1, -0.05) is 36.0 Å². The van der Waals surface area contributed by atoms with Gasteiger partial charge in [-0.05, 0) is 45.6 Å². The molecule has 5 nitrogen and oxygen atoms in total. The summed E-state index contributed by atoms with van der Waals surface area (Å²) >= 11 is 1.49. The predicted molar refractivity (Wildman–Crippen MR) is 102 cm³/mol. The molecule has 1 amide bonds. The molecule has 0 bridgehead atoms. The molecule has 1 saturated heterocycles. The Morgan fingerprint density at radius 2 is 2.08 bits per heavy atom. The molecule has 1 aromatic carbocycles. The van der Waals surface area contributed by atoms with Crippen LogP contribution in [0.3, 0.4) is 0 Å². The Bertz CT molecular complexity index is 743. The van der Waals surface area contributed by atoms with Crippen molar-refractivity contribution in [2.75, 3.05) is 12.3 Å². The smallest absolute Gasteiger partial charge is 0.233 e. The van der Waals surface area contributed by atoms with E-state index in [0.29, 0.717) is 11.8 Å². The van der Waals surface area contributed by atoms with Gasteiger partial charge in [0.15, 0.2) is 11.0 Å². The first-order valence-corrected chi connectivity index (χ1v) is 10.0. The monoisotopic (exact) mass is 358 g/mol. The molecule has 1 aromatic heterocycles. The highest BCUT2D eigenvalue weighted by atomic mass is 32.2. The van der Waals surface area contributed by atoms with Crippen molar-refractivity contribution in [2.45, 2.75) is 57.8 Å². The van der Waals surface area contributed by atoms with Crippen molar-refractivity contribution in [3.8, 4) is 11.4 Å². The van der Waals surface area contributed by atoms with Crippen LogP contribution in [0.1, 0.15) is 38.7 Å². The van der Waals surface area contributed by atoms with Crippen molar-refractivity contribution < 1.29 is 4.79 Å². The number of likely N-dealkylation sites (tertiary alicyclic amines) is 1. The lowest BCUT2D eigenvalue weighted by Gasteiger charge is -2.33. The molecule has 134 valence electrons. The molecule has 0 N–H and O–H groups in total. The highest BCUT2D eigenvalue weighted by Gasteiger charge is 2.24. The number of hydrogen-bond donors (Lipinski definition) is 0. The van der Waals surface area contributed by atoms with Gasteiger partial charge in [0.2, 0.25) is 5.91 Å². The zero-order valence-corrected chi connectivity index (χ0v) is 16.1. The van der Waals surface area contributed by atoms with Crippen molar-refractivity contribution in [1.29, 1.82) is 0 Å². The Labute approximate surface area is 153 Å². The van der Waals surface area contributed by atoms with Gasteiger partial charge in [-0.2, -0.15) is 0 Å². The average molecular weight is 359 g/mol. The lowest BCUT2D eigenvalue weighted by molar-refractivity contribution is -0.131. The number of benzene rings is 1. The third-order valence-corrected chi connectivity index (χ3v) is 5.82. The second kappa shape index (κ2) is 8.04. The van der Waals surface area contributed by atoms with Gasteiger partial charge in [-0.3, -0.25) is 4.79 Å². The fraction of sp³-hybridized carbons (Fsp3) is 0.526. The number of rotatable bonds is 5. The molecular formula is C19H26N4OS. The van der Waals surface area contributed by atoms with Gasteiger partial charge in [0.25, 0.3) is 0 Å². The summed E-state index contributed by atoms with van der Waals surface area (Å²) in [6.45, 7) is 7.98. The van der Waals surface area contributed by atoms with Crippen LogP contribution in [0.5, 0.6) is 0 Å². The third kappa shape index (κ3) is 3.89. The molecule has 2 heterocycles. The maximum atomic E-state index is 12.6. The van der Waals surface area contributed by atoms with Crippen molar-refractivity contribution in [3.05, 3.63) is 29.8 Å². The van der Waals surface area contributed by atoms with E-state index in [1.54, 1.807) is 0 Å². The van der Waals surface area contributed by atoms with Crippen LogP contribution in [-0.4, -0.2) is 43.9 Å². The molecule has 6 heteroatoms. The topological polar surface area (TPSA) is 51.0 Å². The van der Waals surface area contributed by atoms with Crippen molar-refractivity contribution in [1.82, 2.24) is 19.7 Å². The van der Waals surface area contributed by atoms with Gasteiger partial charge in [0, 0.05) is 24.7 Å². The zero-order valence-electron chi connectivity index (χ0n) is 15.2. The van der Waals surface area contributed by atoms with E-state index in [1.165, 1.54) is 23.7 Å². The fourth-order valence-corrected chi connectivity index (χ4v) is 4.27. The second-order valence-electron chi connectivity index (χ2n) is 6.59. The number of thioether (sulfide) groups is 1. The predicted octanol–water partition coefficient (Wildman–Crippen LogP) is 3.77. The summed E-state index contributed by atoms with van der Waals surface area (Å²) in [5, 5.41) is 9.55. The third-order valence-electron chi connectivity index (χ3n) is 4.87. The summed E-state index contributed by atoms with van der Waals surface area (Å²) in [4.78, 5) is 14.6. The Morgan fingerprint density at radius 3 is 2.80 bits per heavy atom. The first-order valence-electron chi connectivity index (χ1n) is 9.03. The number of aromatic nitrogens is 3. The van der Waals surface area contributed by atoms with Gasteiger partial charge in [0.05, 0.1) is 5.75 Å². The van der Waals surface area contributed by atoms with E-state index in [2.05, 4.69) is 47.7 Å². The maximum absolute atomic E-state index is 12.6. The number of amides is 1. The molecule has 1 fully saturated rings. The van der Waals surface area contributed by atoms with Gasteiger partial charge in [-0.25, -0.2) is 0 Å². The van der Waals surface area contributed by atoms with E-state index in [-0.39, 0.29) is 5.91 Å². The second-order valence-corrected chi connectivity index (χ2v) is 7.53. The quantitative estimate of drug-likeness (QED) is 0.764. The fourth-order valence-electron chi connectivity index (χ4n) is 3.38. The van der Waals surface area contributed by atoms with Crippen LogP contribution in [0.2, 0.25) is 0 Å². The number of carbonyl (C=O) groups is 1. The first-order chi connectivity index (χ1) is 12.1. The lowest BCUT2D eigenvalue weighted by Crippen LogP contribution is -2.43. The van der Waals surface area contributed by atoms with Crippen molar-refractivity contribution in [2.24, 2.45) is 0 Å². The molecule has 0 aliphatic carbocycles. The van der Waals surface area contributed by atoms with Crippen molar-refractivity contribution in [3.63, 3.8) is 0 Å². The number of nitrogens with zero attached hydrogens (tertiary/aromatic N) is 4. The molecule has 1 aliphatic rings. The van der Waals surface area contributed by atoms with Crippen LogP contribution in [-0.2, 0) is 11.3 Å². The molecule has 1 atom stereocenters. The van der Waals surface area contributed by atoms with E-state index in [4.69, 9.17) is 0 Å². The van der Waals surface area contributed by atoms with Gasteiger partial charge in [0.1, 0.15) is 0 Å². The lowest BCUT2D eigenvalue weighted by atomic mass is 10.0. The number of aryl methyl sites for hydroxylation is 1. The highest BCUT2D eigenvalue weighted by molar-refractivity contribution is 7.99. The standard InChI is InChI=1S/C19H26N4OS/c1-4-22-18(16-11-6-5-9-14(16)2)20-21-19(22)25-13-17(24)23-12-8-7-10-15(23)3/h5-6,9,11,15H,4,7-8,10,12-13H2,1-3H3. The highest BCUT2D eigenvalue weighted by Crippen LogP contribution is 2.27. The SMILES string of the molecule is CCn1c(SCC(=O)N2CCCCC2C)nnc1-c1ccccc1C. The van der Waals surface area contributed by atoms with E-state index >= 15 is 0 Å². The summed E-state index contributed by atoms with van der Waals surface area (Å²) in [6, 6.07) is 8.55. The van der Waals surface area contributed by atoms with Gasteiger partial charge in [-0.15, -0.1) is 10.2 Å². The number of hydrogen-bond acceptors (Lipinski definition) is 4. The normalized spacial score (nSPS) is 17.7. The zero-order chi connectivity index (χ0) is 17.8. The molecule has 1 unspecified atom stereocenters. The van der Waals surface area contributed by atoms with E-state index in [1.807, 2.05) is 17.0 Å². The summed E-state index contributed by atoms with van der Waals surface area (Å²) in [5.74, 6) is 1.51. The first kappa shape index (κ1) is 18.0. The maximum Gasteiger partial charge on any atom is 0.233 e. The van der Waals surface area contributed by atoms with E-state index < -0.39 is 0 Å². The molecule has 2 aromatic rings. The van der Waals surface area contributed by atoms with Gasteiger partial charge < -0.3 is 9.47 Å². The Balaban J connectivity index is 1.73. The minimum absolute atomic E-state index is 0.209. The molecule has 25 heavy (non-hydrogen) atoms. The number of carbonyl (C=O) groups excluding carboxylic acids is 1. The Morgan fingerprint density at radius 1 is 1.28 bits per heavy atom. The van der Waals surface area contributed by atoms with Crippen LogP contribution in [0.25, 0.3) is 11.4 Å². The van der Waals surface area contributed by atoms with Crippen LogP contribution in [0.15, 0.2) is 29.4 Å². The molecule has 1 aliphatic heterocycles. The summed E-state index contributed by atoms with van der Waals surface area (Å²) in [7, 11) is 0. The van der Waals surface area contributed by atoms with E-state index in [9.17, 15) is 4.79 Å². The Hall–Kier alpha value is -1.82. The summed E-state index contributed by atoms with van der Waals surface area (Å²) in [5.41, 5.74) is 2.28. The minimum Gasteiger partial charge on any atom is -0.339 e. The van der Waals surface area contributed by atoms with Crippen LogP contribution in [0, 0.1) is 6.92 Å². The van der Waals surface area contributed by atoms with Crippen LogP contribution in [0.4, 0.5) is 0 Å². The van der Waals surface area contributed by atoms with Crippen molar-refractivity contribution >= 4 is 17.7 Å². The summed E-state index contributed by atoms with van der Waals surface area (Å²) in [6.07, 6.45) is 3.45. The van der Waals surface area contributed by atoms with Crippen LogP contribution >= 0.6 is 11.8 Å². The van der Waals surface area contributed by atoms with Gasteiger partial charge >= 0.3 is 0 Å². The molecule has 0 spiro atoms. The number of piperidine rings is 1.